The van der Waals surface area contributed by atoms with Gasteiger partial charge in [0.1, 0.15) is 5.56 Å². The van der Waals surface area contributed by atoms with Crippen LogP contribution in [0.2, 0.25) is 18.1 Å². The second-order valence-electron chi connectivity index (χ2n) is 7.50. The summed E-state index contributed by atoms with van der Waals surface area (Å²) in [4.78, 5) is 11.8. The second-order valence-corrected chi connectivity index (χ2v) is 12.3. The highest BCUT2D eigenvalue weighted by molar-refractivity contribution is 6.74. The molecule has 1 aromatic rings. The van der Waals surface area contributed by atoms with Gasteiger partial charge in [0.15, 0.2) is 14.0 Å². The van der Waals surface area contributed by atoms with E-state index in [1.807, 2.05) is 13.1 Å². The molecule has 0 fully saturated rings. The van der Waals surface area contributed by atoms with E-state index in [1.165, 1.54) is 6.92 Å². The first-order valence-corrected chi connectivity index (χ1v) is 11.1. The van der Waals surface area contributed by atoms with Crippen LogP contribution in [0.15, 0.2) is 6.20 Å². The summed E-state index contributed by atoms with van der Waals surface area (Å²) in [5, 5.41) is 3.69. The zero-order valence-electron chi connectivity index (χ0n) is 15.8. The Hall–Kier alpha value is -1.35. The smallest absolute Gasteiger partial charge is 0.433 e. The lowest BCUT2D eigenvalue weighted by atomic mass is 10.2. The molecule has 0 saturated carbocycles. The quantitative estimate of drug-likeness (QED) is 0.539. The van der Waals surface area contributed by atoms with E-state index in [4.69, 9.17) is 9.16 Å². The summed E-state index contributed by atoms with van der Waals surface area (Å²) >= 11 is 0. The summed E-state index contributed by atoms with van der Waals surface area (Å²) in [5.74, 6) is -1.03. The Labute approximate surface area is 147 Å². The number of esters is 1. The maximum absolute atomic E-state index is 13.4. The van der Waals surface area contributed by atoms with E-state index in [-0.39, 0.29) is 18.2 Å². The van der Waals surface area contributed by atoms with Crippen LogP contribution in [0.5, 0.6) is 0 Å². The van der Waals surface area contributed by atoms with Crippen molar-refractivity contribution in [2.24, 2.45) is 0 Å². The van der Waals surface area contributed by atoms with Gasteiger partial charge in [0.2, 0.25) is 0 Å². The third-order valence-electron chi connectivity index (χ3n) is 4.34. The molecule has 5 nitrogen and oxygen atoms in total. The minimum Gasteiger partial charge on any atom is -0.462 e. The van der Waals surface area contributed by atoms with Crippen molar-refractivity contribution in [1.82, 2.24) is 9.78 Å². The number of halogens is 3. The van der Waals surface area contributed by atoms with Gasteiger partial charge in [-0.05, 0) is 32.0 Å². The number of aromatic nitrogens is 2. The molecule has 0 bridgehead atoms. The van der Waals surface area contributed by atoms with E-state index in [2.05, 4.69) is 25.9 Å². The molecular formula is C16H27F3N2O3Si. The molecule has 0 aliphatic heterocycles. The molecule has 1 heterocycles. The summed E-state index contributed by atoms with van der Waals surface area (Å²) < 4.78 is 51.8. The van der Waals surface area contributed by atoms with Crippen molar-refractivity contribution < 1.29 is 27.1 Å². The van der Waals surface area contributed by atoms with Gasteiger partial charge in [0.25, 0.3) is 0 Å². The first kappa shape index (κ1) is 21.7. The summed E-state index contributed by atoms with van der Waals surface area (Å²) in [7, 11) is -2.13. The molecule has 1 aromatic heterocycles. The Bertz CT molecular complexity index is 607. The lowest BCUT2D eigenvalue weighted by molar-refractivity contribution is -0.145. The lowest BCUT2D eigenvalue weighted by Crippen LogP contribution is -2.44. The summed E-state index contributed by atoms with van der Waals surface area (Å²) in [6.07, 6.45) is -4.29. The summed E-state index contributed by atoms with van der Waals surface area (Å²) in [5.41, 5.74) is -1.68. The average molecular weight is 380 g/mol. The fourth-order valence-corrected chi connectivity index (χ4v) is 3.58. The van der Waals surface area contributed by atoms with Crippen LogP contribution in [0.4, 0.5) is 13.2 Å². The molecule has 0 unspecified atom stereocenters. The maximum Gasteiger partial charge on any atom is 0.433 e. The SMILES string of the molecule is CCOC(=O)c1cnn(C[C@H](C)O[Si](C)(C)C(C)(C)C)c1C(F)(F)F. The Morgan fingerprint density at radius 1 is 1.32 bits per heavy atom. The molecule has 0 aromatic carbocycles. The highest BCUT2D eigenvalue weighted by atomic mass is 28.4. The van der Waals surface area contributed by atoms with E-state index >= 15 is 0 Å². The maximum atomic E-state index is 13.4. The number of rotatable bonds is 6. The number of alkyl halides is 3. The molecule has 144 valence electrons. The van der Waals surface area contributed by atoms with Crippen LogP contribution in [0.1, 0.15) is 50.7 Å². The third-order valence-corrected chi connectivity index (χ3v) is 8.94. The van der Waals surface area contributed by atoms with Gasteiger partial charge in [0.05, 0.1) is 25.5 Å². The van der Waals surface area contributed by atoms with Gasteiger partial charge in [-0.1, -0.05) is 20.8 Å². The number of carbonyl (C=O) groups is 1. The number of nitrogens with zero attached hydrogens (tertiary/aromatic N) is 2. The highest BCUT2D eigenvalue weighted by Crippen LogP contribution is 2.38. The fraction of sp³-hybridized carbons (Fsp3) is 0.750. The molecule has 0 aliphatic rings. The molecular weight excluding hydrogens is 353 g/mol. The van der Waals surface area contributed by atoms with E-state index < -0.39 is 37.8 Å². The largest absolute Gasteiger partial charge is 0.462 e. The molecule has 0 radical (unpaired) electrons. The predicted octanol–water partition coefficient (Wildman–Crippen LogP) is 4.49. The molecule has 25 heavy (non-hydrogen) atoms. The Balaban J connectivity index is 3.08. The van der Waals surface area contributed by atoms with Gasteiger partial charge in [-0.3, -0.25) is 4.68 Å². The topological polar surface area (TPSA) is 53.3 Å². The molecule has 0 spiro atoms. The van der Waals surface area contributed by atoms with Crippen LogP contribution in [0.3, 0.4) is 0 Å². The molecule has 0 aliphatic carbocycles. The van der Waals surface area contributed by atoms with Gasteiger partial charge in [-0.15, -0.1) is 0 Å². The zero-order chi connectivity index (χ0) is 19.6. The Kier molecular flexibility index (Phi) is 6.50. The fourth-order valence-electron chi connectivity index (χ4n) is 2.14. The zero-order valence-corrected chi connectivity index (χ0v) is 16.8. The first-order valence-electron chi connectivity index (χ1n) is 8.18. The van der Waals surface area contributed by atoms with E-state index in [0.29, 0.717) is 0 Å². The standard InChI is InChI=1S/C16H27F3N2O3Si/c1-8-23-14(22)12-9-20-21(13(12)16(17,18)19)10-11(2)24-25(6,7)15(3,4)5/h9,11H,8,10H2,1-7H3/t11-/m0/s1. The molecule has 9 heteroatoms. The van der Waals surface area contributed by atoms with Crippen LogP contribution < -0.4 is 0 Å². The van der Waals surface area contributed by atoms with Crippen molar-refractivity contribution in [1.29, 1.82) is 0 Å². The third kappa shape index (κ3) is 5.31. The lowest BCUT2D eigenvalue weighted by Gasteiger charge is -2.38. The van der Waals surface area contributed by atoms with E-state index in [0.717, 1.165) is 10.9 Å². The van der Waals surface area contributed by atoms with Crippen molar-refractivity contribution in [2.45, 2.75) is 71.6 Å². The van der Waals surface area contributed by atoms with Gasteiger partial charge in [0, 0.05) is 0 Å². The minimum atomic E-state index is -4.71. The Morgan fingerprint density at radius 2 is 1.88 bits per heavy atom. The number of hydrogen-bond donors (Lipinski definition) is 0. The second kappa shape index (κ2) is 7.49. The molecule has 0 amide bonds. The monoisotopic (exact) mass is 380 g/mol. The Morgan fingerprint density at radius 3 is 2.32 bits per heavy atom. The molecule has 0 N–H and O–H groups in total. The molecule has 1 rings (SSSR count). The average Bonchev–Trinajstić information content (AvgIpc) is 2.80. The summed E-state index contributed by atoms with van der Waals surface area (Å²) in [6, 6.07) is 0. The van der Waals surface area contributed by atoms with Gasteiger partial charge in [-0.25, -0.2) is 4.79 Å². The molecule has 0 saturated heterocycles. The van der Waals surface area contributed by atoms with Gasteiger partial charge in [-0.2, -0.15) is 18.3 Å². The van der Waals surface area contributed by atoms with Gasteiger partial charge < -0.3 is 9.16 Å². The van der Waals surface area contributed by atoms with Crippen molar-refractivity contribution >= 4 is 14.3 Å². The molecule has 1 atom stereocenters. The van der Waals surface area contributed by atoms with Crippen molar-refractivity contribution in [2.75, 3.05) is 6.61 Å². The number of ether oxygens (including phenoxy) is 1. The van der Waals surface area contributed by atoms with Crippen LogP contribution in [-0.2, 0) is 21.9 Å². The van der Waals surface area contributed by atoms with E-state index in [1.54, 1.807) is 6.92 Å². The number of carbonyl (C=O) groups excluding carboxylic acids is 1. The van der Waals surface area contributed by atoms with Crippen LogP contribution in [0.25, 0.3) is 0 Å². The summed E-state index contributed by atoms with van der Waals surface area (Å²) in [6.45, 7) is 13.4. The van der Waals surface area contributed by atoms with Crippen molar-refractivity contribution in [3.05, 3.63) is 17.5 Å². The van der Waals surface area contributed by atoms with Crippen LogP contribution in [-0.4, -0.2) is 36.8 Å². The predicted molar refractivity (Wildman–Crippen MR) is 90.9 cm³/mol. The number of hydrogen-bond acceptors (Lipinski definition) is 4. The highest BCUT2D eigenvalue weighted by Gasteiger charge is 2.42. The minimum absolute atomic E-state index is 0.00774. The van der Waals surface area contributed by atoms with Gasteiger partial charge >= 0.3 is 12.1 Å². The van der Waals surface area contributed by atoms with Crippen LogP contribution >= 0.6 is 0 Å². The van der Waals surface area contributed by atoms with Crippen molar-refractivity contribution in [3.8, 4) is 0 Å². The first-order chi connectivity index (χ1) is 11.2. The normalized spacial score (nSPS) is 14.5. The van der Waals surface area contributed by atoms with Crippen molar-refractivity contribution in [3.63, 3.8) is 0 Å². The van der Waals surface area contributed by atoms with Crippen LogP contribution in [0, 0.1) is 0 Å². The van der Waals surface area contributed by atoms with E-state index in [9.17, 15) is 18.0 Å².